The van der Waals surface area contributed by atoms with Crippen molar-refractivity contribution in [2.24, 2.45) is 5.10 Å². The maximum atomic E-state index is 12.1. The molecule has 2 heterocycles. The Balaban J connectivity index is 1.92. The topological polar surface area (TPSA) is 95.9 Å². The first-order chi connectivity index (χ1) is 10.9. The van der Waals surface area contributed by atoms with E-state index >= 15 is 0 Å². The SMILES string of the molecule is CCCCCCNC(=O)C1=NN(C2CCS(=O)(=O)C2)C(=O)CC1. The van der Waals surface area contributed by atoms with Crippen molar-refractivity contribution >= 4 is 27.4 Å². The summed E-state index contributed by atoms with van der Waals surface area (Å²) in [7, 11) is -3.09. The van der Waals surface area contributed by atoms with Crippen LogP contribution in [0.1, 0.15) is 51.9 Å². The third-order valence-electron chi connectivity index (χ3n) is 4.19. The van der Waals surface area contributed by atoms with E-state index in [0.29, 0.717) is 25.1 Å². The summed E-state index contributed by atoms with van der Waals surface area (Å²) < 4.78 is 23.1. The lowest BCUT2D eigenvalue weighted by atomic mass is 10.1. The third kappa shape index (κ3) is 5.02. The second kappa shape index (κ2) is 7.90. The Hall–Kier alpha value is -1.44. The van der Waals surface area contributed by atoms with Crippen LogP contribution < -0.4 is 5.32 Å². The normalized spacial score (nSPS) is 23.7. The number of sulfone groups is 1. The van der Waals surface area contributed by atoms with Crippen LogP contribution in [0, 0.1) is 0 Å². The lowest BCUT2D eigenvalue weighted by Gasteiger charge is -2.27. The first kappa shape index (κ1) is 17.9. The number of hydrogen-bond acceptors (Lipinski definition) is 5. The van der Waals surface area contributed by atoms with Gasteiger partial charge in [-0.15, -0.1) is 0 Å². The molecule has 1 atom stereocenters. The van der Waals surface area contributed by atoms with E-state index in [0.717, 1.165) is 25.7 Å². The van der Waals surface area contributed by atoms with Crippen molar-refractivity contribution in [1.82, 2.24) is 10.3 Å². The van der Waals surface area contributed by atoms with Gasteiger partial charge in [-0.05, 0) is 12.8 Å². The molecule has 0 radical (unpaired) electrons. The molecular weight excluding hydrogens is 318 g/mol. The van der Waals surface area contributed by atoms with Crippen molar-refractivity contribution in [2.75, 3.05) is 18.1 Å². The second-order valence-electron chi connectivity index (χ2n) is 6.16. The zero-order valence-electron chi connectivity index (χ0n) is 13.6. The van der Waals surface area contributed by atoms with Crippen molar-refractivity contribution in [3.8, 4) is 0 Å². The first-order valence-corrected chi connectivity index (χ1v) is 10.1. The molecule has 0 spiro atoms. The minimum Gasteiger partial charge on any atom is -0.351 e. The molecular formula is C15H25N3O4S. The molecule has 0 aromatic carbocycles. The van der Waals surface area contributed by atoms with Crippen molar-refractivity contribution in [1.29, 1.82) is 0 Å². The Labute approximate surface area is 137 Å². The molecule has 1 N–H and O–H groups in total. The number of amides is 2. The van der Waals surface area contributed by atoms with E-state index in [1.807, 2.05) is 0 Å². The summed E-state index contributed by atoms with van der Waals surface area (Å²) >= 11 is 0. The standard InChI is InChI=1S/C15H25N3O4S/c1-2-3-4-5-9-16-15(20)13-6-7-14(19)18(17-13)12-8-10-23(21,22)11-12/h12H,2-11H2,1H3,(H,16,20). The van der Waals surface area contributed by atoms with Gasteiger partial charge in [0, 0.05) is 19.4 Å². The fourth-order valence-corrected chi connectivity index (χ4v) is 4.54. The van der Waals surface area contributed by atoms with Crippen LogP contribution in [0.25, 0.3) is 0 Å². The maximum absolute atomic E-state index is 12.1. The van der Waals surface area contributed by atoms with Gasteiger partial charge in [0.25, 0.3) is 5.91 Å². The number of carbonyl (C=O) groups is 2. The molecule has 1 saturated heterocycles. The van der Waals surface area contributed by atoms with Crippen molar-refractivity contribution in [3.63, 3.8) is 0 Å². The molecule has 7 nitrogen and oxygen atoms in total. The van der Waals surface area contributed by atoms with Gasteiger partial charge >= 0.3 is 0 Å². The van der Waals surface area contributed by atoms with Gasteiger partial charge < -0.3 is 5.32 Å². The highest BCUT2D eigenvalue weighted by molar-refractivity contribution is 7.91. The second-order valence-corrected chi connectivity index (χ2v) is 8.39. The molecule has 0 aromatic heterocycles. The summed E-state index contributed by atoms with van der Waals surface area (Å²) in [4.78, 5) is 24.1. The van der Waals surface area contributed by atoms with Crippen LogP contribution in [0.5, 0.6) is 0 Å². The first-order valence-electron chi connectivity index (χ1n) is 8.31. The zero-order chi connectivity index (χ0) is 16.9. The maximum Gasteiger partial charge on any atom is 0.267 e. The highest BCUT2D eigenvalue weighted by atomic mass is 32.2. The molecule has 130 valence electrons. The molecule has 2 aliphatic heterocycles. The average Bonchev–Trinajstić information content (AvgIpc) is 2.87. The van der Waals surface area contributed by atoms with E-state index in [-0.39, 0.29) is 29.7 Å². The van der Waals surface area contributed by atoms with Crippen LogP contribution in [0.2, 0.25) is 0 Å². The quantitative estimate of drug-likeness (QED) is 0.693. The Bertz CT molecular complexity index is 586. The van der Waals surface area contributed by atoms with Gasteiger partial charge in [0.1, 0.15) is 5.71 Å². The predicted molar refractivity (Wildman–Crippen MR) is 87.7 cm³/mol. The molecule has 2 amide bonds. The van der Waals surface area contributed by atoms with Gasteiger partial charge in [0.15, 0.2) is 9.84 Å². The summed E-state index contributed by atoms with van der Waals surface area (Å²) in [5.74, 6) is -0.434. The van der Waals surface area contributed by atoms with Crippen LogP contribution >= 0.6 is 0 Å². The molecule has 1 fully saturated rings. The van der Waals surface area contributed by atoms with E-state index in [4.69, 9.17) is 0 Å². The molecule has 1 unspecified atom stereocenters. The van der Waals surface area contributed by atoms with E-state index in [9.17, 15) is 18.0 Å². The van der Waals surface area contributed by atoms with Gasteiger partial charge in [-0.1, -0.05) is 26.2 Å². The van der Waals surface area contributed by atoms with Crippen LogP contribution in [0.3, 0.4) is 0 Å². The minimum absolute atomic E-state index is 0.0614. The third-order valence-corrected chi connectivity index (χ3v) is 5.94. The lowest BCUT2D eigenvalue weighted by Crippen LogP contribution is -2.44. The number of nitrogens with zero attached hydrogens (tertiary/aromatic N) is 2. The summed E-state index contributed by atoms with van der Waals surface area (Å²) in [5, 5.41) is 8.20. The van der Waals surface area contributed by atoms with Crippen LogP contribution in [0.4, 0.5) is 0 Å². The molecule has 2 rings (SSSR count). The summed E-state index contributed by atoms with van der Waals surface area (Å²) in [6.45, 7) is 2.73. The molecule has 8 heteroatoms. The molecule has 0 aliphatic carbocycles. The average molecular weight is 343 g/mol. The summed E-state index contributed by atoms with van der Waals surface area (Å²) in [6.07, 6.45) is 5.21. The van der Waals surface area contributed by atoms with Crippen LogP contribution in [-0.2, 0) is 19.4 Å². The lowest BCUT2D eigenvalue weighted by molar-refractivity contribution is -0.133. The Kier molecular flexibility index (Phi) is 6.15. The van der Waals surface area contributed by atoms with Crippen LogP contribution in [-0.4, -0.2) is 55.0 Å². The predicted octanol–water partition coefficient (Wildman–Crippen LogP) is 0.848. The van der Waals surface area contributed by atoms with Crippen molar-refractivity contribution in [2.45, 2.75) is 57.9 Å². The van der Waals surface area contributed by atoms with E-state index < -0.39 is 15.9 Å². The number of nitrogens with one attached hydrogen (secondary N) is 1. The molecule has 0 bridgehead atoms. The number of rotatable bonds is 7. The Morgan fingerprint density at radius 1 is 1.30 bits per heavy atom. The van der Waals surface area contributed by atoms with Gasteiger partial charge in [-0.3, -0.25) is 9.59 Å². The van der Waals surface area contributed by atoms with Crippen LogP contribution in [0.15, 0.2) is 5.10 Å². The summed E-state index contributed by atoms with van der Waals surface area (Å²) in [6, 6.07) is -0.430. The van der Waals surface area contributed by atoms with Gasteiger partial charge in [-0.25, -0.2) is 13.4 Å². The zero-order valence-corrected chi connectivity index (χ0v) is 14.4. The largest absolute Gasteiger partial charge is 0.351 e. The van der Waals surface area contributed by atoms with Gasteiger partial charge in [0.05, 0.1) is 17.5 Å². The number of unbranched alkanes of at least 4 members (excludes halogenated alkanes) is 3. The highest BCUT2D eigenvalue weighted by Crippen LogP contribution is 2.22. The minimum atomic E-state index is -3.09. The van der Waals surface area contributed by atoms with Gasteiger partial charge in [0.2, 0.25) is 5.91 Å². The van der Waals surface area contributed by atoms with Gasteiger partial charge in [-0.2, -0.15) is 5.10 Å². The molecule has 2 aliphatic rings. The van der Waals surface area contributed by atoms with E-state index in [1.54, 1.807) is 0 Å². The number of hydrazone groups is 1. The smallest absolute Gasteiger partial charge is 0.267 e. The molecule has 23 heavy (non-hydrogen) atoms. The van der Waals surface area contributed by atoms with E-state index in [1.165, 1.54) is 5.01 Å². The number of hydrogen-bond donors (Lipinski definition) is 1. The highest BCUT2D eigenvalue weighted by Gasteiger charge is 2.37. The Morgan fingerprint density at radius 3 is 2.74 bits per heavy atom. The monoisotopic (exact) mass is 343 g/mol. The number of carbonyl (C=O) groups excluding carboxylic acids is 2. The van der Waals surface area contributed by atoms with Crippen molar-refractivity contribution in [3.05, 3.63) is 0 Å². The fraction of sp³-hybridized carbons (Fsp3) is 0.800. The van der Waals surface area contributed by atoms with E-state index in [2.05, 4.69) is 17.3 Å². The summed E-state index contributed by atoms with van der Waals surface area (Å²) in [5.41, 5.74) is 0.324. The molecule has 0 aromatic rings. The fourth-order valence-electron chi connectivity index (χ4n) is 2.84. The molecule has 0 saturated carbocycles. The van der Waals surface area contributed by atoms with Crippen molar-refractivity contribution < 1.29 is 18.0 Å². The Morgan fingerprint density at radius 2 is 2.09 bits per heavy atom.